The number of aryl methyl sites for hydroxylation is 1. The summed E-state index contributed by atoms with van der Waals surface area (Å²) in [7, 11) is -2.12. The van der Waals surface area contributed by atoms with Gasteiger partial charge in [-0.15, -0.1) is 0 Å². The van der Waals surface area contributed by atoms with E-state index >= 15 is 0 Å². The molecule has 0 fully saturated rings. The second kappa shape index (κ2) is 6.87. The van der Waals surface area contributed by atoms with Crippen LogP contribution in [-0.4, -0.2) is 36.3 Å². The van der Waals surface area contributed by atoms with Gasteiger partial charge in [0.2, 0.25) is 0 Å². The lowest BCUT2D eigenvalue weighted by Crippen LogP contribution is -2.40. The van der Waals surface area contributed by atoms with Gasteiger partial charge >= 0.3 is 0 Å². The first-order valence-electron chi connectivity index (χ1n) is 7.78. The highest BCUT2D eigenvalue weighted by Gasteiger charge is 2.31. The highest BCUT2D eigenvalue weighted by atomic mass is 32.2. The van der Waals surface area contributed by atoms with Gasteiger partial charge in [0.25, 0.3) is 0 Å². The summed E-state index contributed by atoms with van der Waals surface area (Å²) in [5.41, 5.74) is 4.02. The first kappa shape index (κ1) is 18.4. The maximum Gasteiger partial charge on any atom is 0.171 e. The molecule has 24 heavy (non-hydrogen) atoms. The van der Waals surface area contributed by atoms with E-state index in [-0.39, 0.29) is 10.4 Å². The van der Waals surface area contributed by atoms with Gasteiger partial charge in [-0.2, -0.15) is 0 Å². The van der Waals surface area contributed by atoms with Crippen molar-refractivity contribution in [1.29, 1.82) is 0 Å². The predicted molar refractivity (Wildman–Crippen MR) is 94.7 cm³/mol. The third-order valence-corrected chi connectivity index (χ3v) is 5.12. The van der Waals surface area contributed by atoms with E-state index < -0.39 is 10.1 Å². The third kappa shape index (κ3) is 4.52. The van der Waals surface area contributed by atoms with Crippen molar-refractivity contribution in [3.05, 3.63) is 65.2 Å². The van der Waals surface area contributed by atoms with Crippen LogP contribution >= 0.6 is 0 Å². The van der Waals surface area contributed by atoms with Crippen LogP contribution in [0.25, 0.3) is 0 Å². The second-order valence-electron chi connectivity index (χ2n) is 6.70. The van der Waals surface area contributed by atoms with E-state index in [1.807, 2.05) is 6.92 Å². The van der Waals surface area contributed by atoms with Crippen LogP contribution < -0.4 is 0 Å². The predicted octanol–water partition coefficient (Wildman–Crippen LogP) is 2.98. The molecule has 5 heteroatoms. The normalized spacial score (nSPS) is 15.6. The molecule has 4 nitrogen and oxygen atoms in total. The molecule has 0 amide bonds. The molecule has 0 spiro atoms. The number of hydrogen-bond acceptors (Lipinski definition) is 3. The molecule has 0 aromatic heterocycles. The average molecular weight is 345 g/mol. The van der Waals surface area contributed by atoms with Crippen molar-refractivity contribution in [1.82, 2.24) is 0 Å². The monoisotopic (exact) mass is 345 g/mol. The minimum atomic E-state index is -4.27. The maximum atomic E-state index is 10.4. The number of hydrogen-bond donors (Lipinski definition) is 0. The summed E-state index contributed by atoms with van der Waals surface area (Å²) in [6.07, 6.45) is 3.37. The molecular weight excluding hydrogens is 322 g/mol. The van der Waals surface area contributed by atoms with Gasteiger partial charge in [0, 0.05) is 25.8 Å². The first-order valence-corrected chi connectivity index (χ1v) is 9.19. The molecular formula is C19H23NO3S. The van der Waals surface area contributed by atoms with Crippen LogP contribution in [0.3, 0.4) is 0 Å². The number of likely N-dealkylation sites (N-methyl/N-ethyl adjacent to an activating group) is 1. The maximum absolute atomic E-state index is 10.4. The molecule has 2 aromatic carbocycles. The Morgan fingerprint density at radius 1 is 1.04 bits per heavy atom. The molecule has 0 radical (unpaired) electrons. The summed E-state index contributed by atoms with van der Waals surface area (Å²) in [6, 6.07) is 14.4. The van der Waals surface area contributed by atoms with Gasteiger partial charge in [-0.05, 0) is 30.7 Å². The van der Waals surface area contributed by atoms with Crippen molar-refractivity contribution in [2.45, 2.75) is 37.6 Å². The van der Waals surface area contributed by atoms with Gasteiger partial charge in [0.15, 0.2) is 11.8 Å². The number of benzene rings is 2. The van der Waals surface area contributed by atoms with Crippen LogP contribution in [0.2, 0.25) is 0 Å². The second-order valence-corrected chi connectivity index (χ2v) is 8.07. The van der Waals surface area contributed by atoms with Gasteiger partial charge in [-0.3, -0.25) is 0 Å². The fraction of sp³-hybridized carbons (Fsp3) is 0.316. The fourth-order valence-electron chi connectivity index (χ4n) is 2.50. The van der Waals surface area contributed by atoms with E-state index in [0.717, 1.165) is 12.0 Å². The molecule has 0 N–H and O–H groups in total. The Labute approximate surface area is 144 Å². The van der Waals surface area contributed by atoms with E-state index in [9.17, 15) is 13.0 Å². The summed E-state index contributed by atoms with van der Waals surface area (Å²) in [5, 5.41) is 0. The van der Waals surface area contributed by atoms with Crippen molar-refractivity contribution < 1.29 is 17.5 Å². The van der Waals surface area contributed by atoms with Gasteiger partial charge in [0.05, 0.1) is 4.90 Å². The van der Waals surface area contributed by atoms with E-state index in [0.29, 0.717) is 0 Å². The van der Waals surface area contributed by atoms with Gasteiger partial charge < -0.3 is 4.55 Å². The molecule has 0 saturated heterocycles. The van der Waals surface area contributed by atoms with Crippen LogP contribution in [0.5, 0.6) is 0 Å². The zero-order chi connectivity index (χ0) is 18.0. The van der Waals surface area contributed by atoms with Crippen molar-refractivity contribution in [2.24, 2.45) is 0 Å². The molecule has 0 aliphatic carbocycles. The molecule has 0 atom stereocenters. The third-order valence-electron chi connectivity index (χ3n) is 4.28. The van der Waals surface area contributed by atoms with Crippen LogP contribution in [-0.2, 0) is 16.5 Å². The lowest BCUT2D eigenvalue weighted by atomic mass is 9.89. The van der Waals surface area contributed by atoms with E-state index in [4.69, 9.17) is 0 Å². The molecule has 1 aliphatic rings. The minimum Gasteiger partial charge on any atom is -0.744 e. The van der Waals surface area contributed by atoms with Crippen molar-refractivity contribution in [3.63, 3.8) is 0 Å². The van der Waals surface area contributed by atoms with Crippen molar-refractivity contribution in [3.8, 4) is 0 Å². The summed E-state index contributed by atoms with van der Waals surface area (Å²) >= 11 is 0. The van der Waals surface area contributed by atoms with E-state index in [1.54, 1.807) is 12.1 Å². The lowest BCUT2D eigenvalue weighted by Gasteiger charge is -2.25. The Morgan fingerprint density at radius 3 is 2.21 bits per heavy atom. The zero-order valence-corrected chi connectivity index (χ0v) is 15.3. The fourth-order valence-corrected chi connectivity index (χ4v) is 2.97. The summed E-state index contributed by atoms with van der Waals surface area (Å²) < 4.78 is 33.5. The van der Waals surface area contributed by atoms with Gasteiger partial charge in [0.1, 0.15) is 17.2 Å². The Balaban J connectivity index is 0.000000177. The SMILES string of the molecule is C[N+]1=Cc2ccccc2CC1(C)C.Cc1ccc(S(=O)(=O)[O-])cc1. The lowest BCUT2D eigenvalue weighted by molar-refractivity contribution is -0.572. The smallest absolute Gasteiger partial charge is 0.171 e. The highest BCUT2D eigenvalue weighted by Crippen LogP contribution is 2.22. The summed E-state index contributed by atoms with van der Waals surface area (Å²) in [5.74, 6) is 0. The molecule has 2 aromatic rings. The van der Waals surface area contributed by atoms with Gasteiger partial charge in [-0.1, -0.05) is 35.9 Å². The van der Waals surface area contributed by atoms with Crippen molar-refractivity contribution in [2.75, 3.05) is 7.05 Å². The van der Waals surface area contributed by atoms with Crippen molar-refractivity contribution >= 4 is 16.3 Å². The molecule has 1 aliphatic heterocycles. The van der Waals surface area contributed by atoms with E-state index in [1.165, 1.54) is 23.3 Å². The van der Waals surface area contributed by atoms with E-state index in [2.05, 4.69) is 56.0 Å². The first-order chi connectivity index (χ1) is 11.1. The molecule has 0 unspecified atom stereocenters. The summed E-state index contributed by atoms with van der Waals surface area (Å²) in [6.45, 7) is 6.38. The molecule has 1 heterocycles. The molecule has 0 saturated carbocycles. The Kier molecular flexibility index (Phi) is 5.26. The van der Waals surface area contributed by atoms with Crippen LogP contribution in [0.1, 0.15) is 30.5 Å². The number of nitrogens with zero attached hydrogens (tertiary/aromatic N) is 1. The molecule has 128 valence electrons. The largest absolute Gasteiger partial charge is 0.744 e. The Hall–Kier alpha value is -1.98. The summed E-state index contributed by atoms with van der Waals surface area (Å²) in [4.78, 5) is -0.178. The average Bonchev–Trinajstić information content (AvgIpc) is 2.48. The quantitative estimate of drug-likeness (QED) is 0.590. The topological polar surface area (TPSA) is 60.2 Å². The molecule has 0 bridgehead atoms. The number of fused-ring (bicyclic) bond motifs is 1. The highest BCUT2D eigenvalue weighted by molar-refractivity contribution is 7.85. The molecule has 3 rings (SSSR count). The number of rotatable bonds is 1. The van der Waals surface area contributed by atoms with Gasteiger partial charge in [-0.25, -0.2) is 13.0 Å². The minimum absolute atomic E-state index is 0.178. The van der Waals surface area contributed by atoms with Crippen LogP contribution in [0.4, 0.5) is 0 Å². The van der Waals surface area contributed by atoms with Crippen LogP contribution in [0, 0.1) is 6.92 Å². The standard InChI is InChI=1S/C12H16N.C7H8O3S/c1-12(2)8-10-6-4-5-7-11(10)9-13(12)3;1-6-2-4-7(5-3-6)11(8,9)10/h4-7,9H,8H2,1-3H3;2-5H,1H3,(H,8,9,10)/q+1;/p-1. The zero-order valence-electron chi connectivity index (χ0n) is 14.5. The Bertz CT molecular complexity index is 850. The Morgan fingerprint density at radius 2 is 1.62 bits per heavy atom. The van der Waals surface area contributed by atoms with Crippen LogP contribution in [0.15, 0.2) is 53.4 Å².